The zero-order chi connectivity index (χ0) is 21.1. The normalized spacial score (nSPS) is 12.9. The summed E-state index contributed by atoms with van der Waals surface area (Å²) in [6.45, 7) is 12.9. The van der Waals surface area contributed by atoms with Crippen LogP contribution in [-0.2, 0) is 16.7 Å². The van der Waals surface area contributed by atoms with Gasteiger partial charge in [-0.25, -0.2) is 4.99 Å². The molecule has 0 spiro atoms. The van der Waals surface area contributed by atoms with Gasteiger partial charge in [0.05, 0.1) is 0 Å². The molecule has 2 aromatic rings. The summed E-state index contributed by atoms with van der Waals surface area (Å²) < 4.78 is 10.8. The Labute approximate surface area is 197 Å². The molecule has 1 unspecified atom stereocenters. The minimum absolute atomic E-state index is 0. The van der Waals surface area contributed by atoms with Crippen LogP contribution in [0.4, 0.5) is 0 Å². The first-order valence-corrected chi connectivity index (χ1v) is 10.6. The van der Waals surface area contributed by atoms with E-state index >= 15 is 0 Å². The molecular weight excluding hydrogens is 493 g/mol. The minimum atomic E-state index is -0.187. The predicted octanol–water partition coefficient (Wildman–Crippen LogP) is 4.60. The lowest BCUT2D eigenvalue weighted by Gasteiger charge is -2.33. The molecule has 0 bridgehead atoms. The van der Waals surface area contributed by atoms with Gasteiger partial charge in [0.25, 0.3) is 0 Å². The van der Waals surface area contributed by atoms with Gasteiger partial charge in [0, 0.05) is 25.1 Å². The lowest BCUT2D eigenvalue weighted by atomic mass is 9.76. The predicted molar refractivity (Wildman–Crippen MR) is 131 cm³/mol. The number of benzene rings is 1. The second kappa shape index (κ2) is 13.6. The van der Waals surface area contributed by atoms with Gasteiger partial charge in [0.1, 0.15) is 12.6 Å². The average Bonchev–Trinajstić information content (AvgIpc) is 3.23. The van der Waals surface area contributed by atoms with E-state index in [9.17, 15) is 0 Å². The molecule has 8 heteroatoms. The number of ether oxygens (including phenoxy) is 1. The zero-order valence-corrected chi connectivity index (χ0v) is 21.1. The van der Waals surface area contributed by atoms with Gasteiger partial charge in [-0.3, -0.25) is 0 Å². The molecule has 2 N–H and O–H groups in total. The SMILES string of the molecule is CCNC(=NCc1nc(C(C)OCC)no1)NCC(CC)(CC)c1ccccc1.I. The van der Waals surface area contributed by atoms with Gasteiger partial charge >= 0.3 is 0 Å². The molecule has 0 aliphatic rings. The third kappa shape index (κ3) is 7.23. The van der Waals surface area contributed by atoms with Crippen LogP contribution in [-0.4, -0.2) is 35.8 Å². The molecule has 0 fully saturated rings. The summed E-state index contributed by atoms with van der Waals surface area (Å²) in [4.78, 5) is 9.01. The molecule has 7 nitrogen and oxygen atoms in total. The average molecular weight is 529 g/mol. The Hall–Kier alpha value is -1.68. The second-order valence-electron chi connectivity index (χ2n) is 7.05. The van der Waals surface area contributed by atoms with Crippen LogP contribution >= 0.6 is 24.0 Å². The minimum Gasteiger partial charge on any atom is -0.371 e. The Morgan fingerprint density at radius 1 is 1.13 bits per heavy atom. The molecule has 1 aromatic carbocycles. The highest BCUT2D eigenvalue weighted by Gasteiger charge is 2.28. The quantitative estimate of drug-likeness (QED) is 0.252. The van der Waals surface area contributed by atoms with Crippen LogP contribution in [0.2, 0.25) is 0 Å². The first-order chi connectivity index (χ1) is 14.1. The van der Waals surface area contributed by atoms with Gasteiger partial charge in [-0.05, 0) is 39.2 Å². The Kier molecular flexibility index (Phi) is 11.9. The molecule has 168 valence electrons. The molecular formula is C22H36IN5O2. The summed E-state index contributed by atoms with van der Waals surface area (Å²) in [6, 6.07) is 10.7. The summed E-state index contributed by atoms with van der Waals surface area (Å²) in [6.07, 6.45) is 1.90. The van der Waals surface area contributed by atoms with Crippen molar-refractivity contribution in [2.24, 2.45) is 4.99 Å². The topological polar surface area (TPSA) is 84.6 Å². The van der Waals surface area contributed by atoms with Crippen LogP contribution in [0, 0.1) is 0 Å². The van der Waals surface area contributed by atoms with Gasteiger partial charge in [-0.15, -0.1) is 24.0 Å². The van der Waals surface area contributed by atoms with E-state index in [1.54, 1.807) is 0 Å². The van der Waals surface area contributed by atoms with Gasteiger partial charge in [-0.1, -0.05) is 49.3 Å². The monoisotopic (exact) mass is 529 g/mol. The van der Waals surface area contributed by atoms with Gasteiger partial charge in [0.2, 0.25) is 5.89 Å². The van der Waals surface area contributed by atoms with Gasteiger partial charge in [-0.2, -0.15) is 4.98 Å². The number of halogens is 1. The standard InChI is InChI=1S/C22H35N5O2.HI/c1-6-22(7-2,18-13-11-10-12-14-18)16-25-21(23-8-3)24-15-19-26-20(27-29-19)17(5)28-9-4;/h10-14,17H,6-9,15-16H2,1-5H3,(H2,23,24,25);1H. The molecule has 1 aromatic heterocycles. The van der Waals surface area contributed by atoms with E-state index < -0.39 is 0 Å². The molecule has 0 saturated heterocycles. The highest BCUT2D eigenvalue weighted by molar-refractivity contribution is 14.0. The number of aliphatic imine (C=N–C) groups is 1. The smallest absolute Gasteiger partial charge is 0.248 e. The van der Waals surface area contributed by atoms with Crippen molar-refractivity contribution in [1.82, 2.24) is 20.8 Å². The first-order valence-electron chi connectivity index (χ1n) is 10.6. The van der Waals surface area contributed by atoms with Gasteiger partial charge < -0.3 is 19.9 Å². The fraction of sp³-hybridized carbons (Fsp3) is 0.591. The van der Waals surface area contributed by atoms with Crippen molar-refractivity contribution in [3.8, 4) is 0 Å². The van der Waals surface area contributed by atoms with Gasteiger partial charge in [0.15, 0.2) is 11.8 Å². The van der Waals surface area contributed by atoms with Crippen LogP contribution in [0.25, 0.3) is 0 Å². The molecule has 30 heavy (non-hydrogen) atoms. The highest BCUT2D eigenvalue weighted by atomic mass is 127. The summed E-state index contributed by atoms with van der Waals surface area (Å²) in [5.41, 5.74) is 1.40. The van der Waals surface area contributed by atoms with Crippen molar-refractivity contribution in [2.75, 3.05) is 19.7 Å². The molecule has 1 atom stereocenters. The van der Waals surface area contributed by atoms with Crippen molar-refractivity contribution in [1.29, 1.82) is 0 Å². The van der Waals surface area contributed by atoms with E-state index in [0.717, 1.165) is 31.9 Å². The Morgan fingerprint density at radius 3 is 2.43 bits per heavy atom. The van der Waals surface area contributed by atoms with Crippen molar-refractivity contribution in [3.05, 3.63) is 47.6 Å². The van der Waals surface area contributed by atoms with E-state index in [-0.39, 0.29) is 35.5 Å². The number of nitrogens with zero attached hydrogens (tertiary/aromatic N) is 3. The third-order valence-electron chi connectivity index (χ3n) is 5.31. The van der Waals surface area contributed by atoms with Crippen molar-refractivity contribution < 1.29 is 9.26 Å². The van der Waals surface area contributed by atoms with E-state index in [4.69, 9.17) is 9.26 Å². The molecule has 0 saturated carbocycles. The number of nitrogens with one attached hydrogen (secondary N) is 2. The van der Waals surface area contributed by atoms with E-state index in [0.29, 0.717) is 24.9 Å². The maximum absolute atomic E-state index is 5.50. The lowest BCUT2D eigenvalue weighted by molar-refractivity contribution is 0.0683. The number of rotatable bonds is 11. The summed E-state index contributed by atoms with van der Waals surface area (Å²) in [5.74, 6) is 1.77. The van der Waals surface area contributed by atoms with Crippen molar-refractivity contribution in [2.45, 2.75) is 65.5 Å². The Morgan fingerprint density at radius 2 is 1.83 bits per heavy atom. The first kappa shape index (κ1) is 26.4. The molecule has 2 rings (SSSR count). The number of hydrogen-bond acceptors (Lipinski definition) is 5. The molecule has 0 aliphatic heterocycles. The second-order valence-corrected chi connectivity index (χ2v) is 7.05. The van der Waals surface area contributed by atoms with Crippen LogP contribution in [0.1, 0.15) is 70.8 Å². The molecule has 0 aliphatic carbocycles. The summed E-state index contributed by atoms with van der Waals surface area (Å²) in [7, 11) is 0. The van der Waals surface area contributed by atoms with E-state index in [1.165, 1.54) is 5.56 Å². The maximum atomic E-state index is 5.50. The summed E-state index contributed by atoms with van der Waals surface area (Å²) >= 11 is 0. The lowest BCUT2D eigenvalue weighted by Crippen LogP contribution is -2.45. The third-order valence-corrected chi connectivity index (χ3v) is 5.31. The van der Waals surface area contributed by atoms with Crippen LogP contribution in [0.5, 0.6) is 0 Å². The molecule has 0 radical (unpaired) electrons. The number of guanidine groups is 1. The molecule has 1 heterocycles. The largest absolute Gasteiger partial charge is 0.371 e. The summed E-state index contributed by atoms with van der Waals surface area (Å²) in [5, 5.41) is 10.8. The van der Waals surface area contributed by atoms with Crippen LogP contribution < -0.4 is 10.6 Å². The Bertz CT molecular complexity index is 747. The van der Waals surface area contributed by atoms with Crippen LogP contribution in [0.3, 0.4) is 0 Å². The van der Waals surface area contributed by atoms with Crippen molar-refractivity contribution >= 4 is 29.9 Å². The Balaban J connectivity index is 0.00000450. The number of hydrogen-bond donors (Lipinski definition) is 2. The van der Waals surface area contributed by atoms with Crippen LogP contribution in [0.15, 0.2) is 39.8 Å². The zero-order valence-electron chi connectivity index (χ0n) is 18.8. The maximum Gasteiger partial charge on any atom is 0.248 e. The van der Waals surface area contributed by atoms with Crippen molar-refractivity contribution in [3.63, 3.8) is 0 Å². The molecule has 0 amide bonds. The highest BCUT2D eigenvalue weighted by Crippen LogP contribution is 2.30. The fourth-order valence-corrected chi connectivity index (χ4v) is 3.37. The van der Waals surface area contributed by atoms with E-state index in [2.05, 4.69) is 76.9 Å². The van der Waals surface area contributed by atoms with E-state index in [1.807, 2.05) is 13.8 Å². The fourth-order valence-electron chi connectivity index (χ4n) is 3.37. The number of aromatic nitrogens is 2.